The van der Waals surface area contributed by atoms with E-state index in [0.717, 1.165) is 0 Å². The lowest BCUT2D eigenvalue weighted by Gasteiger charge is -2.12. The lowest BCUT2D eigenvalue weighted by molar-refractivity contribution is -0.114. The van der Waals surface area contributed by atoms with Crippen LogP contribution < -0.4 is 14.2 Å². The molecular weight excluding hydrogens is 377 g/mol. The summed E-state index contributed by atoms with van der Waals surface area (Å²) in [4.78, 5) is 11.1. The largest absolute Gasteiger partial charge is 0.495 e. The number of hydrogen-bond acceptors (Lipinski definition) is 5. The Balaban J connectivity index is 2.37. The Morgan fingerprint density at radius 1 is 1.08 bits per heavy atom. The van der Waals surface area contributed by atoms with E-state index in [0.29, 0.717) is 5.75 Å². The Bertz CT molecular complexity index is 883. The van der Waals surface area contributed by atoms with Gasteiger partial charge in [0.25, 0.3) is 0 Å². The van der Waals surface area contributed by atoms with Crippen LogP contribution in [0.4, 0.5) is 5.69 Å². The maximum Gasteiger partial charge on any atom is 0.339 e. The van der Waals surface area contributed by atoms with Crippen molar-refractivity contribution in [2.24, 2.45) is 0 Å². The molecule has 0 saturated carbocycles. The molecule has 0 aliphatic carbocycles. The smallest absolute Gasteiger partial charge is 0.339 e. The van der Waals surface area contributed by atoms with Gasteiger partial charge in [0.2, 0.25) is 5.91 Å². The Labute approximate surface area is 149 Å². The zero-order valence-electron chi connectivity index (χ0n) is 12.7. The number of benzene rings is 2. The maximum atomic E-state index is 12.4. The minimum atomic E-state index is -4.13. The molecule has 2 aromatic rings. The van der Waals surface area contributed by atoms with Crippen LogP contribution in [0.2, 0.25) is 10.0 Å². The molecule has 0 aromatic heterocycles. The Morgan fingerprint density at radius 2 is 1.79 bits per heavy atom. The average Bonchev–Trinajstić information content (AvgIpc) is 2.50. The van der Waals surface area contributed by atoms with Crippen LogP contribution >= 0.6 is 23.2 Å². The van der Waals surface area contributed by atoms with Gasteiger partial charge in [-0.05, 0) is 30.3 Å². The number of methoxy groups -OCH3 is 1. The first-order valence-corrected chi connectivity index (χ1v) is 8.74. The van der Waals surface area contributed by atoms with E-state index in [1.165, 1.54) is 50.4 Å². The summed E-state index contributed by atoms with van der Waals surface area (Å²) in [6.45, 7) is 1.30. The fraction of sp³-hybridized carbons (Fsp3) is 0.133. The van der Waals surface area contributed by atoms with Crippen molar-refractivity contribution >= 4 is 44.9 Å². The zero-order valence-corrected chi connectivity index (χ0v) is 15.0. The number of nitrogens with one attached hydrogen (secondary N) is 1. The summed E-state index contributed by atoms with van der Waals surface area (Å²) in [6.07, 6.45) is 0. The molecule has 24 heavy (non-hydrogen) atoms. The summed E-state index contributed by atoms with van der Waals surface area (Å²) in [5.74, 6) is -0.0340. The van der Waals surface area contributed by atoms with Crippen LogP contribution in [0.25, 0.3) is 0 Å². The molecule has 0 fully saturated rings. The van der Waals surface area contributed by atoms with Crippen molar-refractivity contribution in [1.82, 2.24) is 0 Å². The number of halogens is 2. The summed E-state index contributed by atoms with van der Waals surface area (Å²) >= 11 is 11.6. The van der Waals surface area contributed by atoms with Crippen LogP contribution in [0.1, 0.15) is 6.92 Å². The number of carbonyl (C=O) groups excluding carboxylic acids is 1. The first-order chi connectivity index (χ1) is 11.2. The third-order valence-electron chi connectivity index (χ3n) is 2.87. The molecule has 0 saturated heterocycles. The minimum Gasteiger partial charge on any atom is -0.495 e. The lowest BCUT2D eigenvalue weighted by Crippen LogP contribution is -2.12. The van der Waals surface area contributed by atoms with Crippen LogP contribution in [0.3, 0.4) is 0 Å². The molecule has 0 aliphatic heterocycles. The van der Waals surface area contributed by atoms with Gasteiger partial charge in [0.05, 0.1) is 22.8 Å². The highest BCUT2D eigenvalue weighted by Gasteiger charge is 2.20. The highest BCUT2D eigenvalue weighted by molar-refractivity contribution is 7.87. The molecule has 0 unspecified atom stereocenters. The van der Waals surface area contributed by atoms with Gasteiger partial charge >= 0.3 is 10.1 Å². The van der Waals surface area contributed by atoms with Gasteiger partial charge in [-0.25, -0.2) is 0 Å². The molecular formula is C15H13Cl2NO5S. The second-order valence-corrected chi connectivity index (χ2v) is 7.02. The third kappa shape index (κ3) is 4.31. The van der Waals surface area contributed by atoms with Gasteiger partial charge in [-0.1, -0.05) is 23.2 Å². The van der Waals surface area contributed by atoms with Crippen LogP contribution in [0.5, 0.6) is 11.5 Å². The van der Waals surface area contributed by atoms with Gasteiger partial charge in [-0.15, -0.1) is 0 Å². The SMILES string of the molecule is COc1ccc(S(=O)(=O)Oc2ccc(Cl)c(Cl)c2)cc1NC(C)=O. The van der Waals surface area contributed by atoms with E-state index in [1.54, 1.807) is 0 Å². The van der Waals surface area contributed by atoms with Gasteiger partial charge in [-0.3, -0.25) is 4.79 Å². The average molecular weight is 390 g/mol. The van der Waals surface area contributed by atoms with E-state index in [-0.39, 0.29) is 32.3 Å². The maximum absolute atomic E-state index is 12.4. The summed E-state index contributed by atoms with van der Waals surface area (Å²) < 4.78 is 34.9. The number of anilines is 1. The predicted molar refractivity (Wildman–Crippen MR) is 91.6 cm³/mol. The van der Waals surface area contributed by atoms with Crippen LogP contribution in [-0.2, 0) is 14.9 Å². The molecule has 0 bridgehead atoms. The topological polar surface area (TPSA) is 81.7 Å². The summed E-state index contributed by atoms with van der Waals surface area (Å²) in [7, 11) is -2.73. The lowest BCUT2D eigenvalue weighted by atomic mass is 10.3. The molecule has 0 radical (unpaired) electrons. The molecule has 6 nitrogen and oxygen atoms in total. The molecule has 2 rings (SSSR count). The van der Waals surface area contributed by atoms with E-state index in [1.807, 2.05) is 0 Å². The molecule has 1 N–H and O–H groups in total. The number of carbonyl (C=O) groups is 1. The number of amides is 1. The molecule has 1 amide bonds. The second-order valence-electron chi connectivity index (χ2n) is 4.66. The van der Waals surface area contributed by atoms with E-state index >= 15 is 0 Å². The van der Waals surface area contributed by atoms with Crippen molar-refractivity contribution in [1.29, 1.82) is 0 Å². The molecule has 0 heterocycles. The van der Waals surface area contributed by atoms with Crippen LogP contribution in [0.15, 0.2) is 41.3 Å². The molecule has 128 valence electrons. The predicted octanol–water partition coefficient (Wildman–Crippen LogP) is 3.73. The summed E-state index contributed by atoms with van der Waals surface area (Å²) in [5, 5.41) is 2.94. The highest BCUT2D eigenvalue weighted by Crippen LogP contribution is 2.31. The van der Waals surface area contributed by atoms with Crippen molar-refractivity contribution < 1.29 is 22.1 Å². The van der Waals surface area contributed by atoms with Gasteiger partial charge < -0.3 is 14.2 Å². The molecule has 0 spiro atoms. The van der Waals surface area contributed by atoms with Crippen LogP contribution in [0, 0.1) is 0 Å². The van der Waals surface area contributed by atoms with Crippen molar-refractivity contribution in [2.75, 3.05) is 12.4 Å². The van der Waals surface area contributed by atoms with E-state index in [2.05, 4.69) is 5.32 Å². The number of hydrogen-bond donors (Lipinski definition) is 1. The summed E-state index contributed by atoms with van der Waals surface area (Å²) in [5.41, 5.74) is 0.212. The monoisotopic (exact) mass is 389 g/mol. The zero-order chi connectivity index (χ0) is 17.9. The molecule has 9 heteroatoms. The molecule has 0 atom stereocenters. The third-order valence-corrected chi connectivity index (χ3v) is 4.85. The first kappa shape index (κ1) is 18.4. The molecule has 2 aromatic carbocycles. The summed E-state index contributed by atoms with van der Waals surface area (Å²) in [6, 6.07) is 8.05. The van der Waals surface area contributed by atoms with Gasteiger partial charge in [-0.2, -0.15) is 8.42 Å². The Hall–Kier alpha value is -1.96. The number of ether oxygens (including phenoxy) is 1. The minimum absolute atomic E-state index is 0.0151. The fourth-order valence-electron chi connectivity index (χ4n) is 1.83. The first-order valence-electron chi connectivity index (χ1n) is 6.58. The standard InChI is InChI=1S/C15H13Cl2NO5S/c1-9(19)18-14-8-11(4-6-15(14)22-2)24(20,21)23-10-3-5-12(16)13(17)7-10/h3-8H,1-2H3,(H,18,19). The van der Waals surface area contributed by atoms with E-state index in [4.69, 9.17) is 32.1 Å². The van der Waals surface area contributed by atoms with E-state index in [9.17, 15) is 13.2 Å². The van der Waals surface area contributed by atoms with Crippen LogP contribution in [-0.4, -0.2) is 21.4 Å². The van der Waals surface area contributed by atoms with Gasteiger partial charge in [0.1, 0.15) is 16.4 Å². The van der Waals surface area contributed by atoms with Crippen molar-refractivity contribution in [2.45, 2.75) is 11.8 Å². The van der Waals surface area contributed by atoms with Gasteiger partial charge in [0, 0.05) is 13.0 Å². The van der Waals surface area contributed by atoms with E-state index < -0.39 is 10.1 Å². The van der Waals surface area contributed by atoms with Crippen molar-refractivity contribution in [3.05, 3.63) is 46.4 Å². The Morgan fingerprint density at radius 3 is 2.38 bits per heavy atom. The normalized spacial score (nSPS) is 11.0. The second kappa shape index (κ2) is 7.29. The number of rotatable bonds is 5. The van der Waals surface area contributed by atoms with Crippen molar-refractivity contribution in [3.63, 3.8) is 0 Å². The van der Waals surface area contributed by atoms with Gasteiger partial charge in [0.15, 0.2) is 0 Å². The quantitative estimate of drug-likeness (QED) is 0.787. The highest BCUT2D eigenvalue weighted by atomic mass is 35.5. The molecule has 0 aliphatic rings. The van der Waals surface area contributed by atoms with Crippen molar-refractivity contribution in [3.8, 4) is 11.5 Å². The Kier molecular flexibility index (Phi) is 5.58. The fourth-order valence-corrected chi connectivity index (χ4v) is 3.07.